The van der Waals surface area contributed by atoms with Crippen molar-refractivity contribution in [2.45, 2.75) is 43.9 Å². The third-order valence-electron chi connectivity index (χ3n) is 4.95. The first kappa shape index (κ1) is 21.4. The van der Waals surface area contributed by atoms with Gasteiger partial charge in [0.2, 0.25) is 0 Å². The summed E-state index contributed by atoms with van der Waals surface area (Å²) in [5.74, 6) is -0.888. The van der Waals surface area contributed by atoms with Crippen molar-refractivity contribution in [1.29, 1.82) is 0 Å². The normalized spacial score (nSPS) is 16.4. The second kappa shape index (κ2) is 7.53. The van der Waals surface area contributed by atoms with E-state index in [9.17, 15) is 22.7 Å². The lowest BCUT2D eigenvalue weighted by atomic mass is 9.72. The number of thiophene rings is 1. The molecule has 0 spiro atoms. The molecule has 3 rings (SSSR count). The fourth-order valence-corrected chi connectivity index (χ4v) is 4.78. The van der Waals surface area contributed by atoms with Gasteiger partial charge in [0.25, 0.3) is 0 Å². The van der Waals surface area contributed by atoms with Crippen LogP contribution >= 0.6 is 11.3 Å². The highest BCUT2D eigenvalue weighted by atomic mass is 32.1. The number of hydrogen-bond donors (Lipinski definition) is 1. The predicted octanol–water partition coefficient (Wildman–Crippen LogP) is 5.04. The Labute approximate surface area is 169 Å². The molecular weight excluding hydrogens is 408 g/mol. The van der Waals surface area contributed by atoms with Crippen molar-refractivity contribution in [2.24, 2.45) is 0 Å². The monoisotopic (exact) mass is 428 g/mol. The van der Waals surface area contributed by atoms with Gasteiger partial charge in [-0.1, -0.05) is 0 Å². The van der Waals surface area contributed by atoms with Gasteiger partial charge in [0.15, 0.2) is 0 Å². The van der Waals surface area contributed by atoms with Crippen molar-refractivity contribution in [3.63, 3.8) is 0 Å². The summed E-state index contributed by atoms with van der Waals surface area (Å²) in [5.41, 5.74) is -4.59. The maximum absolute atomic E-state index is 14.2. The second-order valence-electron chi connectivity index (χ2n) is 7.55. The van der Waals surface area contributed by atoms with E-state index in [1.165, 1.54) is 25.4 Å². The maximum atomic E-state index is 14.2. The van der Waals surface area contributed by atoms with Crippen LogP contribution in [0.25, 0.3) is 10.1 Å². The topological polar surface area (TPSA) is 55.2 Å². The Kier molecular flexibility index (Phi) is 5.57. The van der Waals surface area contributed by atoms with Crippen molar-refractivity contribution in [3.8, 4) is 5.75 Å². The standard InChI is InChI=1S/C20H20F4N2O2S/c1-18(27,8-14-6-12-9-25-26-10-17(12)29-14)11-19(2,20(22,23)24)15-7-13(21)4-5-16(15)28-3/h4-7,9-10,27H,8,11H2,1-3H3. The SMILES string of the molecule is COc1ccc(F)cc1C(C)(CC(C)(O)Cc1cc2cnncc2s1)C(F)(F)F. The fraction of sp³-hybridized carbons (Fsp3) is 0.400. The third-order valence-corrected chi connectivity index (χ3v) is 6.04. The minimum atomic E-state index is -4.74. The van der Waals surface area contributed by atoms with Crippen LogP contribution in [0, 0.1) is 5.82 Å². The molecule has 0 fully saturated rings. The van der Waals surface area contributed by atoms with Crippen molar-refractivity contribution >= 4 is 21.4 Å². The summed E-state index contributed by atoms with van der Waals surface area (Å²) >= 11 is 1.34. The van der Waals surface area contributed by atoms with E-state index < -0.39 is 29.4 Å². The molecule has 0 aliphatic carbocycles. The first-order valence-electron chi connectivity index (χ1n) is 8.77. The highest BCUT2D eigenvalue weighted by Crippen LogP contribution is 2.49. The third kappa shape index (κ3) is 4.35. The molecule has 2 unspecified atom stereocenters. The number of nitrogens with zero attached hydrogens (tertiary/aromatic N) is 2. The van der Waals surface area contributed by atoms with Crippen LogP contribution in [0.2, 0.25) is 0 Å². The molecular formula is C20H20F4N2O2S. The van der Waals surface area contributed by atoms with Gasteiger partial charge in [0.05, 0.1) is 35.2 Å². The van der Waals surface area contributed by atoms with E-state index in [1.807, 2.05) is 0 Å². The van der Waals surface area contributed by atoms with E-state index in [0.717, 1.165) is 35.2 Å². The lowest BCUT2D eigenvalue weighted by molar-refractivity contribution is -0.200. The lowest BCUT2D eigenvalue weighted by Gasteiger charge is -2.39. The largest absolute Gasteiger partial charge is 0.496 e. The first-order chi connectivity index (χ1) is 13.4. The zero-order valence-corrected chi connectivity index (χ0v) is 16.9. The second-order valence-corrected chi connectivity index (χ2v) is 8.71. The van der Waals surface area contributed by atoms with Gasteiger partial charge in [-0.2, -0.15) is 23.4 Å². The summed E-state index contributed by atoms with van der Waals surface area (Å²) in [7, 11) is 1.23. The molecule has 2 heterocycles. The van der Waals surface area contributed by atoms with Crippen LogP contribution in [0.4, 0.5) is 17.6 Å². The van der Waals surface area contributed by atoms with Gasteiger partial charge >= 0.3 is 6.18 Å². The van der Waals surface area contributed by atoms with Crippen LogP contribution < -0.4 is 4.74 Å². The van der Waals surface area contributed by atoms with E-state index >= 15 is 0 Å². The molecule has 9 heteroatoms. The minimum Gasteiger partial charge on any atom is -0.496 e. The summed E-state index contributed by atoms with van der Waals surface area (Å²) in [6, 6.07) is 4.79. The first-order valence-corrected chi connectivity index (χ1v) is 9.59. The van der Waals surface area contributed by atoms with Gasteiger partial charge in [-0.15, -0.1) is 11.3 Å². The van der Waals surface area contributed by atoms with Crippen LogP contribution in [-0.2, 0) is 11.8 Å². The molecule has 3 aromatic rings. The molecule has 0 radical (unpaired) electrons. The molecule has 1 N–H and O–H groups in total. The van der Waals surface area contributed by atoms with E-state index in [2.05, 4.69) is 10.2 Å². The van der Waals surface area contributed by atoms with Crippen molar-refractivity contribution in [1.82, 2.24) is 10.2 Å². The van der Waals surface area contributed by atoms with E-state index in [4.69, 9.17) is 4.74 Å². The molecule has 4 nitrogen and oxygen atoms in total. The van der Waals surface area contributed by atoms with Gasteiger partial charge in [-0.3, -0.25) is 0 Å². The number of alkyl halides is 3. The molecule has 0 saturated carbocycles. The average molecular weight is 428 g/mol. The maximum Gasteiger partial charge on any atom is 0.398 e. The Morgan fingerprint density at radius 1 is 1.10 bits per heavy atom. The van der Waals surface area contributed by atoms with Crippen LogP contribution in [0.1, 0.15) is 30.7 Å². The zero-order valence-electron chi connectivity index (χ0n) is 16.0. The smallest absolute Gasteiger partial charge is 0.398 e. The van der Waals surface area contributed by atoms with Crippen molar-refractivity contribution in [3.05, 3.63) is 52.9 Å². The number of ether oxygens (including phenoxy) is 1. The highest BCUT2D eigenvalue weighted by molar-refractivity contribution is 7.19. The Morgan fingerprint density at radius 2 is 1.79 bits per heavy atom. The number of methoxy groups -OCH3 is 1. The van der Waals surface area contributed by atoms with Crippen LogP contribution in [0.3, 0.4) is 0 Å². The number of aliphatic hydroxyl groups is 1. The van der Waals surface area contributed by atoms with E-state index in [0.29, 0.717) is 4.88 Å². The Bertz CT molecular complexity index is 986. The summed E-state index contributed by atoms with van der Waals surface area (Å²) in [6.07, 6.45) is -2.30. The van der Waals surface area contributed by atoms with Gasteiger partial charge in [-0.25, -0.2) is 4.39 Å². The zero-order chi connectivity index (χ0) is 21.4. The molecule has 2 aromatic heterocycles. The van der Waals surface area contributed by atoms with Gasteiger partial charge in [-0.05, 0) is 44.5 Å². The van der Waals surface area contributed by atoms with Gasteiger partial charge in [0, 0.05) is 22.2 Å². The Hall–Kier alpha value is -2.26. The molecule has 0 amide bonds. The van der Waals surface area contributed by atoms with Crippen molar-refractivity contribution < 1.29 is 27.4 Å². The van der Waals surface area contributed by atoms with E-state index in [1.54, 1.807) is 18.5 Å². The molecule has 0 bridgehead atoms. The molecule has 1 aromatic carbocycles. The number of fused-ring (bicyclic) bond motifs is 1. The lowest BCUT2D eigenvalue weighted by Crippen LogP contribution is -2.47. The predicted molar refractivity (Wildman–Crippen MR) is 103 cm³/mol. The number of benzene rings is 1. The number of halogens is 4. The molecule has 0 saturated heterocycles. The molecule has 0 aliphatic heterocycles. The number of aromatic nitrogens is 2. The molecule has 0 aliphatic rings. The molecule has 156 valence electrons. The molecule has 29 heavy (non-hydrogen) atoms. The summed E-state index contributed by atoms with van der Waals surface area (Å²) in [5, 5.41) is 19.3. The van der Waals surface area contributed by atoms with Gasteiger partial charge in [0.1, 0.15) is 11.6 Å². The summed E-state index contributed by atoms with van der Waals surface area (Å²) in [6.45, 7) is 2.31. The number of rotatable bonds is 6. The highest BCUT2D eigenvalue weighted by Gasteiger charge is 2.56. The van der Waals surface area contributed by atoms with E-state index in [-0.39, 0.29) is 17.7 Å². The molecule has 2 atom stereocenters. The van der Waals surface area contributed by atoms with Gasteiger partial charge < -0.3 is 9.84 Å². The van der Waals surface area contributed by atoms with Crippen LogP contribution in [0.5, 0.6) is 5.75 Å². The quantitative estimate of drug-likeness (QED) is 0.559. The average Bonchev–Trinajstić information content (AvgIpc) is 3.01. The van der Waals surface area contributed by atoms with Crippen LogP contribution in [0.15, 0.2) is 36.7 Å². The summed E-state index contributed by atoms with van der Waals surface area (Å²) in [4.78, 5) is 0.704. The summed E-state index contributed by atoms with van der Waals surface area (Å²) < 4.78 is 62.2. The minimum absolute atomic E-state index is 0.00432. The van der Waals surface area contributed by atoms with Crippen molar-refractivity contribution in [2.75, 3.05) is 7.11 Å². The Morgan fingerprint density at radius 3 is 2.41 bits per heavy atom. The Balaban J connectivity index is 1.98. The fourth-order valence-electron chi connectivity index (χ4n) is 3.60. The van der Waals surface area contributed by atoms with Crippen LogP contribution in [-0.4, -0.2) is 34.2 Å². The number of hydrogen-bond acceptors (Lipinski definition) is 5.